The van der Waals surface area contributed by atoms with Gasteiger partial charge in [0.15, 0.2) is 0 Å². The molecule has 7 nitrogen and oxygen atoms in total. The molecule has 0 atom stereocenters. The number of aromatic nitrogens is 2. The van der Waals surface area contributed by atoms with E-state index < -0.39 is 0 Å². The van der Waals surface area contributed by atoms with Crippen molar-refractivity contribution in [3.05, 3.63) is 48.3 Å². The number of ether oxygens (including phenoxy) is 3. The molecule has 2 aromatic carbocycles. The third kappa shape index (κ3) is 4.29. The van der Waals surface area contributed by atoms with E-state index in [1.54, 1.807) is 12.4 Å². The summed E-state index contributed by atoms with van der Waals surface area (Å²) in [6.07, 6.45) is 8.84. The highest BCUT2D eigenvalue weighted by Crippen LogP contribution is 2.36. The van der Waals surface area contributed by atoms with Crippen LogP contribution in [-0.4, -0.2) is 55.0 Å². The van der Waals surface area contributed by atoms with Gasteiger partial charge in [-0.15, -0.1) is 0 Å². The summed E-state index contributed by atoms with van der Waals surface area (Å²) in [5.41, 5.74) is 5.30. The first kappa shape index (κ1) is 20.5. The van der Waals surface area contributed by atoms with Gasteiger partial charge in [-0.3, -0.25) is 4.98 Å². The molecular weight excluding hydrogens is 416 g/mol. The summed E-state index contributed by atoms with van der Waals surface area (Å²) in [4.78, 5) is 11.5. The number of anilines is 2. The van der Waals surface area contributed by atoms with E-state index in [2.05, 4.69) is 50.5 Å². The molecule has 3 aliphatic rings. The van der Waals surface area contributed by atoms with Crippen LogP contribution >= 0.6 is 0 Å². The van der Waals surface area contributed by atoms with Crippen molar-refractivity contribution in [3.8, 4) is 11.5 Å². The van der Waals surface area contributed by atoms with Gasteiger partial charge in [-0.1, -0.05) is 12.1 Å². The number of morpholine rings is 1. The predicted octanol–water partition coefficient (Wildman–Crippen LogP) is 4.20. The smallest absolute Gasteiger partial charge is 0.149 e. The first-order chi connectivity index (χ1) is 16.3. The summed E-state index contributed by atoms with van der Waals surface area (Å²) in [6.45, 7) is 4.06. The van der Waals surface area contributed by atoms with Gasteiger partial charge < -0.3 is 24.4 Å². The lowest BCUT2D eigenvalue weighted by Crippen LogP contribution is -2.36. The highest BCUT2D eigenvalue weighted by molar-refractivity contribution is 5.85. The van der Waals surface area contributed by atoms with Crippen molar-refractivity contribution in [2.75, 3.05) is 43.1 Å². The summed E-state index contributed by atoms with van der Waals surface area (Å²) in [7, 11) is 0. The van der Waals surface area contributed by atoms with E-state index in [0.29, 0.717) is 6.04 Å². The third-order valence-electron chi connectivity index (χ3n) is 6.94. The lowest BCUT2D eigenvalue weighted by Gasteiger charge is -2.32. The molecule has 0 radical (unpaired) electrons. The van der Waals surface area contributed by atoms with Crippen LogP contribution < -0.4 is 19.7 Å². The van der Waals surface area contributed by atoms with Crippen LogP contribution in [-0.2, 0) is 11.2 Å². The molecule has 172 valence electrons. The van der Waals surface area contributed by atoms with E-state index in [1.165, 1.54) is 5.56 Å². The average Bonchev–Trinajstić information content (AvgIpc) is 3.36. The fourth-order valence-electron chi connectivity index (χ4n) is 5.18. The number of rotatable bonds is 5. The van der Waals surface area contributed by atoms with Gasteiger partial charge in [0.05, 0.1) is 37.1 Å². The molecule has 0 spiro atoms. The molecule has 2 aliphatic heterocycles. The first-order valence-electron chi connectivity index (χ1n) is 12.1. The van der Waals surface area contributed by atoms with E-state index in [0.717, 1.165) is 98.9 Å². The van der Waals surface area contributed by atoms with Gasteiger partial charge in [0.2, 0.25) is 0 Å². The summed E-state index contributed by atoms with van der Waals surface area (Å²) < 4.78 is 17.9. The Morgan fingerprint density at radius 3 is 2.70 bits per heavy atom. The van der Waals surface area contributed by atoms with Crippen LogP contribution in [0.1, 0.15) is 31.2 Å². The second-order valence-corrected chi connectivity index (χ2v) is 9.10. The van der Waals surface area contributed by atoms with Crippen molar-refractivity contribution in [3.63, 3.8) is 0 Å². The maximum absolute atomic E-state index is 6.56. The standard InChI is InChI=1S/C26H30N4O3/c1-2-18-8-13-32-26(18)22(3-1)29-19-4-6-21(7-5-19)33-24-17-20(30-11-14-31-15-12-30)16-23-25(24)28-10-9-27-23/h1-3,9-10,16-17,19,21,29H,4-8,11-15H2/t19-,21+. The number of nitrogens with zero attached hydrogens (tertiary/aromatic N) is 3. The molecule has 1 aromatic heterocycles. The second kappa shape index (κ2) is 9.06. The SMILES string of the molecule is c1cc2c(c(N[C@H]3CC[C@@H](Oc4cc(N5CCOCC5)cc5nccnc45)CC3)c1)OCC2. The lowest BCUT2D eigenvalue weighted by molar-refractivity contribution is 0.122. The van der Waals surface area contributed by atoms with Crippen LogP contribution in [0.3, 0.4) is 0 Å². The van der Waals surface area contributed by atoms with Crippen molar-refractivity contribution in [1.82, 2.24) is 9.97 Å². The molecule has 0 bridgehead atoms. The highest BCUT2D eigenvalue weighted by Gasteiger charge is 2.26. The fraction of sp³-hybridized carbons (Fsp3) is 0.462. The van der Waals surface area contributed by atoms with Gasteiger partial charge in [-0.05, 0) is 43.4 Å². The summed E-state index contributed by atoms with van der Waals surface area (Å²) in [5, 5.41) is 3.73. The zero-order chi connectivity index (χ0) is 22.0. The molecule has 0 amide bonds. The Balaban J connectivity index is 1.15. The Kier molecular flexibility index (Phi) is 5.64. The molecule has 1 N–H and O–H groups in total. The zero-order valence-corrected chi connectivity index (χ0v) is 18.8. The molecule has 1 saturated heterocycles. The van der Waals surface area contributed by atoms with Crippen molar-refractivity contribution in [1.29, 1.82) is 0 Å². The molecule has 1 saturated carbocycles. The topological polar surface area (TPSA) is 68.7 Å². The monoisotopic (exact) mass is 446 g/mol. The minimum Gasteiger partial charge on any atom is -0.491 e. The number of hydrogen-bond donors (Lipinski definition) is 1. The summed E-state index contributed by atoms with van der Waals surface area (Å²) >= 11 is 0. The maximum Gasteiger partial charge on any atom is 0.149 e. The largest absolute Gasteiger partial charge is 0.491 e. The van der Waals surface area contributed by atoms with Crippen molar-refractivity contribution in [2.24, 2.45) is 0 Å². The van der Waals surface area contributed by atoms with Crippen LogP contribution in [0.2, 0.25) is 0 Å². The molecular formula is C26H30N4O3. The molecule has 1 aliphatic carbocycles. The fourth-order valence-corrected chi connectivity index (χ4v) is 5.18. The Hall–Kier alpha value is -3.06. The molecule has 7 heteroatoms. The van der Waals surface area contributed by atoms with Crippen molar-refractivity contribution in [2.45, 2.75) is 44.2 Å². The minimum absolute atomic E-state index is 0.186. The maximum atomic E-state index is 6.56. The zero-order valence-electron chi connectivity index (χ0n) is 18.8. The molecule has 3 aromatic rings. The van der Waals surface area contributed by atoms with E-state index >= 15 is 0 Å². The van der Waals surface area contributed by atoms with Crippen LogP contribution in [0.25, 0.3) is 11.0 Å². The number of para-hydroxylation sites is 1. The van der Waals surface area contributed by atoms with E-state index in [1.807, 2.05) is 0 Å². The van der Waals surface area contributed by atoms with Gasteiger partial charge in [-0.2, -0.15) is 0 Å². The number of fused-ring (bicyclic) bond motifs is 2. The molecule has 0 unspecified atom stereocenters. The van der Waals surface area contributed by atoms with E-state index in [9.17, 15) is 0 Å². The number of hydrogen-bond acceptors (Lipinski definition) is 7. The van der Waals surface area contributed by atoms with Gasteiger partial charge in [0.1, 0.15) is 17.0 Å². The predicted molar refractivity (Wildman–Crippen MR) is 129 cm³/mol. The Bertz CT molecular complexity index is 1120. The highest BCUT2D eigenvalue weighted by atomic mass is 16.5. The number of nitrogens with one attached hydrogen (secondary N) is 1. The summed E-state index contributed by atoms with van der Waals surface area (Å²) in [5.74, 6) is 1.88. The van der Waals surface area contributed by atoms with E-state index in [-0.39, 0.29) is 6.10 Å². The Labute approximate surface area is 194 Å². The summed E-state index contributed by atoms with van der Waals surface area (Å²) in [6, 6.07) is 11.1. The van der Waals surface area contributed by atoms with Crippen molar-refractivity contribution >= 4 is 22.4 Å². The quantitative estimate of drug-likeness (QED) is 0.630. The minimum atomic E-state index is 0.186. The number of benzene rings is 2. The molecule has 2 fully saturated rings. The van der Waals surface area contributed by atoms with Gasteiger partial charge in [0, 0.05) is 49.7 Å². The molecule has 33 heavy (non-hydrogen) atoms. The van der Waals surface area contributed by atoms with Gasteiger partial charge in [-0.25, -0.2) is 4.98 Å². The van der Waals surface area contributed by atoms with Crippen LogP contribution in [0, 0.1) is 0 Å². The van der Waals surface area contributed by atoms with Crippen LogP contribution in [0.4, 0.5) is 11.4 Å². The van der Waals surface area contributed by atoms with Crippen molar-refractivity contribution < 1.29 is 14.2 Å². The lowest BCUT2D eigenvalue weighted by atomic mass is 9.92. The van der Waals surface area contributed by atoms with E-state index in [4.69, 9.17) is 14.2 Å². The average molecular weight is 447 g/mol. The Morgan fingerprint density at radius 1 is 0.970 bits per heavy atom. The first-order valence-corrected chi connectivity index (χ1v) is 12.1. The normalized spacial score (nSPS) is 22.6. The third-order valence-corrected chi connectivity index (χ3v) is 6.94. The molecule has 6 rings (SSSR count). The van der Waals surface area contributed by atoms with Gasteiger partial charge >= 0.3 is 0 Å². The second-order valence-electron chi connectivity index (χ2n) is 9.10. The van der Waals surface area contributed by atoms with Gasteiger partial charge in [0.25, 0.3) is 0 Å². The van der Waals surface area contributed by atoms with Crippen LogP contribution in [0.5, 0.6) is 11.5 Å². The Morgan fingerprint density at radius 2 is 1.82 bits per heavy atom. The van der Waals surface area contributed by atoms with Crippen LogP contribution in [0.15, 0.2) is 42.7 Å². The molecule has 3 heterocycles.